The Hall–Kier alpha value is -1.29. The normalized spacial score (nSPS) is 47.4. The summed E-state index contributed by atoms with van der Waals surface area (Å²) in [6.45, 7) is 0.895. The summed E-state index contributed by atoms with van der Waals surface area (Å²) in [6, 6.07) is 0.258. The van der Waals surface area contributed by atoms with Crippen molar-refractivity contribution < 1.29 is 14.6 Å². The Kier molecular flexibility index (Phi) is 4.02. The van der Waals surface area contributed by atoms with Crippen molar-refractivity contribution in [1.82, 2.24) is 4.90 Å². The number of Topliss-reactive ketones (excluding diaryl/α,β-unsaturated/α-hetero) is 1. The number of nitriles is 2. The van der Waals surface area contributed by atoms with Gasteiger partial charge in [-0.25, -0.2) is 0 Å². The number of ketones is 1. The molecule has 0 aromatic rings. The molecule has 8 heteroatoms. The SMILES string of the molecule is CN1CC[C@@]23C4=C5C[C@@H]1[C@@H]2C=C[C@H](O)[C@@H]3OC4C(=O)C(SC#N)C5SC#N. The number of thiocyanates is 2. The molecule has 0 amide bonds. The van der Waals surface area contributed by atoms with E-state index in [4.69, 9.17) is 4.74 Å². The number of hydrogen-bond acceptors (Lipinski definition) is 8. The Morgan fingerprint density at radius 1 is 1.30 bits per heavy atom. The molecule has 3 unspecified atom stereocenters. The Morgan fingerprint density at radius 2 is 2.04 bits per heavy atom. The first-order chi connectivity index (χ1) is 13.0. The molecular formula is C19H19N3O3S2. The van der Waals surface area contributed by atoms with Crippen molar-refractivity contribution >= 4 is 29.3 Å². The maximum Gasteiger partial charge on any atom is 0.181 e. The van der Waals surface area contributed by atoms with E-state index in [1.54, 1.807) is 0 Å². The zero-order chi connectivity index (χ0) is 18.9. The number of ether oxygens (including phenoxy) is 1. The molecule has 2 heterocycles. The molecule has 1 N–H and O–H groups in total. The molecule has 5 aliphatic rings. The van der Waals surface area contributed by atoms with Crippen molar-refractivity contribution in [3.8, 4) is 10.8 Å². The summed E-state index contributed by atoms with van der Waals surface area (Å²) < 4.78 is 6.25. The summed E-state index contributed by atoms with van der Waals surface area (Å²) in [4.78, 5) is 15.6. The van der Waals surface area contributed by atoms with E-state index in [2.05, 4.69) is 23.4 Å². The first-order valence-electron chi connectivity index (χ1n) is 9.13. The topological polar surface area (TPSA) is 97.3 Å². The zero-order valence-corrected chi connectivity index (χ0v) is 16.4. The smallest absolute Gasteiger partial charge is 0.181 e. The van der Waals surface area contributed by atoms with Gasteiger partial charge in [0.1, 0.15) is 16.9 Å². The molecule has 0 aromatic heterocycles. The molecule has 2 fully saturated rings. The lowest BCUT2D eigenvalue weighted by atomic mass is 9.51. The number of likely N-dealkylation sites (tertiary alicyclic amines) is 1. The Bertz CT molecular complexity index is 859. The zero-order valence-electron chi connectivity index (χ0n) is 14.7. The molecule has 1 spiro atoms. The molecule has 3 aliphatic carbocycles. The van der Waals surface area contributed by atoms with Crippen LogP contribution in [0.3, 0.4) is 0 Å². The monoisotopic (exact) mass is 401 g/mol. The molecule has 0 radical (unpaired) electrons. The number of carbonyl (C=O) groups is 1. The van der Waals surface area contributed by atoms with Gasteiger partial charge in [-0.3, -0.25) is 4.79 Å². The van der Waals surface area contributed by atoms with E-state index in [0.717, 1.165) is 54.1 Å². The number of carbonyl (C=O) groups excluding carboxylic acids is 1. The number of rotatable bonds is 2. The number of aliphatic hydroxyl groups excluding tert-OH is 1. The highest BCUT2D eigenvalue weighted by Gasteiger charge is 2.69. The van der Waals surface area contributed by atoms with Crippen LogP contribution in [0.15, 0.2) is 23.3 Å². The fourth-order valence-electron chi connectivity index (χ4n) is 6.12. The van der Waals surface area contributed by atoms with Gasteiger partial charge in [0, 0.05) is 17.4 Å². The summed E-state index contributed by atoms with van der Waals surface area (Å²) >= 11 is 2.02. The van der Waals surface area contributed by atoms with Gasteiger partial charge in [-0.2, -0.15) is 10.5 Å². The lowest BCUT2D eigenvalue weighted by Crippen LogP contribution is -2.63. The molecule has 0 saturated carbocycles. The van der Waals surface area contributed by atoms with E-state index in [1.807, 2.05) is 11.5 Å². The summed E-state index contributed by atoms with van der Waals surface area (Å²) in [5.74, 6) is 0.0780. The second-order valence-corrected chi connectivity index (χ2v) is 9.83. The molecule has 2 aliphatic heterocycles. The van der Waals surface area contributed by atoms with Gasteiger partial charge >= 0.3 is 0 Å². The van der Waals surface area contributed by atoms with Crippen molar-refractivity contribution in [3.63, 3.8) is 0 Å². The van der Waals surface area contributed by atoms with E-state index in [1.165, 1.54) is 0 Å². The van der Waals surface area contributed by atoms with E-state index < -0.39 is 23.6 Å². The highest BCUT2D eigenvalue weighted by molar-refractivity contribution is 8.08. The molecule has 140 valence electrons. The molecule has 5 rings (SSSR count). The maximum absolute atomic E-state index is 13.3. The average Bonchev–Trinajstić information content (AvgIpc) is 3.00. The fourth-order valence-corrected chi connectivity index (χ4v) is 7.83. The molecule has 27 heavy (non-hydrogen) atoms. The first-order valence-corrected chi connectivity index (χ1v) is 10.9. The summed E-state index contributed by atoms with van der Waals surface area (Å²) in [6.07, 6.45) is 3.69. The highest BCUT2D eigenvalue weighted by Crippen LogP contribution is 2.65. The fraction of sp³-hybridized carbons (Fsp3) is 0.632. The van der Waals surface area contributed by atoms with Crippen LogP contribution in [0.25, 0.3) is 0 Å². The van der Waals surface area contributed by atoms with E-state index in [0.29, 0.717) is 0 Å². The van der Waals surface area contributed by atoms with Crippen LogP contribution in [0.4, 0.5) is 0 Å². The van der Waals surface area contributed by atoms with E-state index in [9.17, 15) is 20.4 Å². The standard InChI is InChI=1S/C19H19N3O3S2/c1-22-5-4-19-10-2-3-12(23)18(19)25-15-13(19)9(6-11(10)22)16(26-7-20)17(14(15)24)27-8-21/h2-3,10-12,15-18,23H,4-6H2,1H3/t10-,11+,12-,15?,16?,17?,18-,19-/m0/s1. The number of hydrogen-bond donors (Lipinski definition) is 1. The molecule has 0 aromatic carbocycles. The van der Waals surface area contributed by atoms with Crippen LogP contribution >= 0.6 is 23.5 Å². The minimum atomic E-state index is -0.736. The van der Waals surface area contributed by atoms with Crippen molar-refractivity contribution in [1.29, 1.82) is 10.5 Å². The lowest BCUT2D eigenvalue weighted by molar-refractivity contribution is -0.134. The number of thioether (sulfide) groups is 2. The molecular weight excluding hydrogens is 382 g/mol. The summed E-state index contributed by atoms with van der Waals surface area (Å²) in [5.41, 5.74) is 1.77. The highest BCUT2D eigenvalue weighted by atomic mass is 32.2. The first kappa shape index (κ1) is 17.8. The van der Waals surface area contributed by atoms with Crippen molar-refractivity contribution in [2.75, 3.05) is 13.6 Å². The maximum atomic E-state index is 13.3. The van der Waals surface area contributed by atoms with E-state index >= 15 is 0 Å². The van der Waals surface area contributed by atoms with Gasteiger partial charge in [-0.05, 0) is 55.5 Å². The summed E-state index contributed by atoms with van der Waals surface area (Å²) in [5, 5.41) is 32.6. The van der Waals surface area contributed by atoms with Gasteiger partial charge in [0.15, 0.2) is 5.78 Å². The second-order valence-electron chi connectivity index (χ2n) is 7.98. The minimum Gasteiger partial charge on any atom is -0.386 e. The lowest BCUT2D eigenvalue weighted by Gasteiger charge is -2.58. The quantitative estimate of drug-likeness (QED) is 0.548. The van der Waals surface area contributed by atoms with Gasteiger partial charge in [0.05, 0.1) is 22.7 Å². The van der Waals surface area contributed by atoms with Crippen molar-refractivity contribution in [3.05, 3.63) is 23.3 Å². The van der Waals surface area contributed by atoms with E-state index in [-0.39, 0.29) is 28.4 Å². The third-order valence-corrected chi connectivity index (χ3v) is 9.08. The van der Waals surface area contributed by atoms with Gasteiger partial charge in [0.25, 0.3) is 0 Å². The van der Waals surface area contributed by atoms with Crippen LogP contribution in [0.5, 0.6) is 0 Å². The summed E-state index contributed by atoms with van der Waals surface area (Å²) in [7, 11) is 2.12. The Morgan fingerprint density at radius 3 is 2.78 bits per heavy atom. The predicted molar refractivity (Wildman–Crippen MR) is 101 cm³/mol. The van der Waals surface area contributed by atoms with Gasteiger partial charge in [0.2, 0.25) is 0 Å². The number of piperidine rings is 1. The Balaban J connectivity index is 1.74. The van der Waals surface area contributed by atoms with Gasteiger partial charge < -0.3 is 14.7 Å². The predicted octanol–water partition coefficient (Wildman–Crippen LogP) is 1.44. The third-order valence-electron chi connectivity index (χ3n) is 7.13. The van der Waals surface area contributed by atoms with Crippen LogP contribution in [0.2, 0.25) is 0 Å². The van der Waals surface area contributed by atoms with Crippen LogP contribution in [-0.2, 0) is 9.53 Å². The molecule has 2 saturated heterocycles. The van der Waals surface area contributed by atoms with Crippen molar-refractivity contribution in [2.24, 2.45) is 11.3 Å². The van der Waals surface area contributed by atoms with Gasteiger partial charge in [-0.1, -0.05) is 17.7 Å². The largest absolute Gasteiger partial charge is 0.386 e. The van der Waals surface area contributed by atoms with Crippen LogP contribution < -0.4 is 0 Å². The minimum absolute atomic E-state index is 0.125. The second kappa shape index (κ2) is 6.10. The third kappa shape index (κ3) is 2.11. The number of nitrogens with zero attached hydrogens (tertiary/aromatic N) is 3. The Labute approximate surface area is 166 Å². The van der Waals surface area contributed by atoms with Gasteiger partial charge in [-0.15, -0.1) is 0 Å². The van der Waals surface area contributed by atoms with Crippen LogP contribution in [0, 0.1) is 32.7 Å². The molecule has 8 atom stereocenters. The molecule has 6 nitrogen and oxygen atoms in total. The van der Waals surface area contributed by atoms with Crippen LogP contribution in [-0.4, -0.2) is 64.2 Å². The molecule has 2 bridgehead atoms. The number of aliphatic hydroxyl groups is 1. The van der Waals surface area contributed by atoms with Crippen LogP contribution in [0.1, 0.15) is 12.8 Å². The average molecular weight is 402 g/mol. The van der Waals surface area contributed by atoms with Crippen molar-refractivity contribution in [2.45, 2.75) is 47.7 Å².